The van der Waals surface area contributed by atoms with Gasteiger partial charge in [-0.25, -0.2) is 9.50 Å². The topological polar surface area (TPSA) is 72.6 Å². The van der Waals surface area contributed by atoms with Crippen molar-refractivity contribution in [3.63, 3.8) is 0 Å². The summed E-state index contributed by atoms with van der Waals surface area (Å²) in [7, 11) is 0. The van der Waals surface area contributed by atoms with Gasteiger partial charge in [0.05, 0.1) is 25.1 Å². The van der Waals surface area contributed by atoms with E-state index in [1.165, 1.54) is 0 Å². The zero-order valence-electron chi connectivity index (χ0n) is 17.7. The third-order valence-corrected chi connectivity index (χ3v) is 5.43. The molecule has 0 spiro atoms. The molecule has 0 unspecified atom stereocenters. The van der Waals surface area contributed by atoms with Crippen molar-refractivity contribution in [3.05, 3.63) is 83.4 Å². The number of benzene rings is 1. The highest BCUT2D eigenvalue weighted by molar-refractivity contribution is 5.94. The first-order chi connectivity index (χ1) is 15.7. The van der Waals surface area contributed by atoms with Crippen molar-refractivity contribution >= 4 is 11.6 Å². The summed E-state index contributed by atoms with van der Waals surface area (Å²) in [5.41, 5.74) is 5.74. The van der Waals surface area contributed by atoms with Crippen LogP contribution in [0.25, 0.3) is 16.9 Å². The first-order valence-electron chi connectivity index (χ1n) is 10.4. The predicted octanol–water partition coefficient (Wildman–Crippen LogP) is 2.97. The first-order valence-corrected chi connectivity index (χ1v) is 10.4. The highest BCUT2D eigenvalue weighted by atomic mass is 16.5. The van der Waals surface area contributed by atoms with Gasteiger partial charge in [0.15, 0.2) is 5.65 Å². The molecule has 1 saturated heterocycles. The van der Waals surface area contributed by atoms with E-state index in [2.05, 4.69) is 21.8 Å². The highest BCUT2D eigenvalue weighted by Crippen LogP contribution is 2.19. The lowest BCUT2D eigenvalue weighted by molar-refractivity contribution is 0.0303. The fraction of sp³-hybridized carbons (Fsp3) is 0.200. The Kier molecular flexibility index (Phi) is 5.36. The lowest BCUT2D eigenvalue weighted by atomic mass is 10.1. The van der Waals surface area contributed by atoms with Crippen molar-refractivity contribution in [2.45, 2.75) is 6.92 Å². The number of hydrogen-bond acceptors (Lipinski definition) is 5. The van der Waals surface area contributed by atoms with Crippen LogP contribution in [-0.4, -0.2) is 56.7 Å². The molecule has 1 fully saturated rings. The Morgan fingerprint density at radius 3 is 2.59 bits per heavy atom. The van der Waals surface area contributed by atoms with Crippen LogP contribution in [0, 0.1) is 18.8 Å². The summed E-state index contributed by atoms with van der Waals surface area (Å²) < 4.78 is 7.07. The number of rotatable bonds is 2. The summed E-state index contributed by atoms with van der Waals surface area (Å²) in [4.78, 5) is 23.0. The molecule has 1 aliphatic heterocycles. The van der Waals surface area contributed by atoms with Crippen LogP contribution in [0.1, 0.15) is 27.2 Å². The van der Waals surface area contributed by atoms with E-state index in [0.29, 0.717) is 37.6 Å². The molecule has 4 heterocycles. The molecule has 3 aromatic heterocycles. The van der Waals surface area contributed by atoms with Crippen LogP contribution < -0.4 is 0 Å². The summed E-state index contributed by atoms with van der Waals surface area (Å²) in [6, 6.07) is 13.3. The van der Waals surface area contributed by atoms with Gasteiger partial charge >= 0.3 is 0 Å². The molecule has 32 heavy (non-hydrogen) atoms. The van der Waals surface area contributed by atoms with Gasteiger partial charge in [-0.05, 0) is 48.7 Å². The Balaban J connectivity index is 1.42. The van der Waals surface area contributed by atoms with Crippen LogP contribution in [0.3, 0.4) is 0 Å². The molecule has 0 saturated carbocycles. The van der Waals surface area contributed by atoms with Crippen LogP contribution in [0.15, 0.2) is 61.1 Å². The van der Waals surface area contributed by atoms with E-state index in [1.54, 1.807) is 23.1 Å². The fourth-order valence-corrected chi connectivity index (χ4v) is 3.59. The molecule has 0 bridgehead atoms. The van der Waals surface area contributed by atoms with Crippen molar-refractivity contribution in [1.82, 2.24) is 24.5 Å². The van der Waals surface area contributed by atoms with E-state index < -0.39 is 0 Å². The van der Waals surface area contributed by atoms with E-state index in [4.69, 9.17) is 9.84 Å². The Morgan fingerprint density at radius 1 is 1.00 bits per heavy atom. The van der Waals surface area contributed by atoms with Crippen LogP contribution in [-0.2, 0) is 4.74 Å². The van der Waals surface area contributed by atoms with Crippen LogP contribution in [0.5, 0.6) is 0 Å². The van der Waals surface area contributed by atoms with Crippen molar-refractivity contribution < 1.29 is 9.53 Å². The third-order valence-electron chi connectivity index (χ3n) is 5.43. The number of aromatic nitrogens is 4. The second-order valence-electron chi connectivity index (χ2n) is 7.55. The van der Waals surface area contributed by atoms with E-state index in [-0.39, 0.29) is 5.91 Å². The number of nitrogens with zero attached hydrogens (tertiary/aromatic N) is 5. The van der Waals surface area contributed by atoms with Gasteiger partial charge in [0.1, 0.15) is 5.69 Å². The zero-order chi connectivity index (χ0) is 21.9. The first kappa shape index (κ1) is 19.9. The molecular formula is C25H21N5O2. The highest BCUT2D eigenvalue weighted by Gasteiger charge is 2.18. The van der Waals surface area contributed by atoms with E-state index in [9.17, 15) is 4.79 Å². The molecule has 1 aromatic carbocycles. The number of pyridine rings is 1. The second-order valence-corrected chi connectivity index (χ2v) is 7.55. The van der Waals surface area contributed by atoms with Gasteiger partial charge in [-0.15, -0.1) is 0 Å². The van der Waals surface area contributed by atoms with Gasteiger partial charge in [-0.1, -0.05) is 18.1 Å². The Hall–Kier alpha value is -4.02. The standard InChI is InChI=1S/C25H21N5O2/c1-18-16-26-11-10-19(18)6-7-22-17-27-24-9-8-23(28-30(22)24)20-2-4-21(5-3-20)25(31)29-12-14-32-15-13-29/h2-5,8-11,16-17H,12-15H2,1H3. The number of carbonyl (C=O) groups is 1. The second kappa shape index (κ2) is 8.61. The number of carbonyl (C=O) groups excluding carboxylic acids is 1. The number of aryl methyl sites for hydroxylation is 1. The number of hydrogen-bond donors (Lipinski definition) is 0. The molecule has 4 aromatic rings. The number of amides is 1. The van der Waals surface area contributed by atoms with Crippen molar-refractivity contribution in [2.75, 3.05) is 26.3 Å². The Labute approximate surface area is 185 Å². The molecule has 158 valence electrons. The molecule has 5 rings (SSSR count). The van der Waals surface area contributed by atoms with E-state index >= 15 is 0 Å². The molecule has 1 aliphatic rings. The minimum atomic E-state index is 0.0295. The molecule has 0 atom stereocenters. The summed E-state index contributed by atoms with van der Waals surface area (Å²) in [5, 5.41) is 4.73. The minimum Gasteiger partial charge on any atom is -0.378 e. The molecule has 1 amide bonds. The monoisotopic (exact) mass is 423 g/mol. The number of imidazole rings is 1. The van der Waals surface area contributed by atoms with Gasteiger partial charge in [0.2, 0.25) is 0 Å². The maximum Gasteiger partial charge on any atom is 0.254 e. The van der Waals surface area contributed by atoms with Gasteiger partial charge in [-0.2, -0.15) is 5.10 Å². The minimum absolute atomic E-state index is 0.0295. The van der Waals surface area contributed by atoms with Crippen molar-refractivity contribution in [2.24, 2.45) is 0 Å². The SMILES string of the molecule is Cc1cnccc1C#Cc1cnc2ccc(-c3ccc(C(=O)N4CCOCC4)cc3)nn12. The third kappa shape index (κ3) is 3.96. The molecule has 0 aliphatic carbocycles. The van der Waals surface area contributed by atoms with E-state index in [1.807, 2.05) is 54.3 Å². The summed E-state index contributed by atoms with van der Waals surface area (Å²) in [5.74, 6) is 6.37. The normalized spacial score (nSPS) is 13.6. The molecule has 0 radical (unpaired) electrons. The predicted molar refractivity (Wildman–Crippen MR) is 120 cm³/mol. The average molecular weight is 423 g/mol. The number of morpholine rings is 1. The number of fused-ring (bicyclic) bond motifs is 1. The Morgan fingerprint density at radius 2 is 1.81 bits per heavy atom. The van der Waals surface area contributed by atoms with Gasteiger partial charge < -0.3 is 9.64 Å². The Bertz CT molecular complexity index is 1340. The maximum absolute atomic E-state index is 12.7. The zero-order valence-corrected chi connectivity index (χ0v) is 17.7. The summed E-state index contributed by atoms with van der Waals surface area (Å²) in [6.45, 7) is 4.41. The van der Waals surface area contributed by atoms with E-state index in [0.717, 1.165) is 28.0 Å². The van der Waals surface area contributed by atoms with Crippen LogP contribution in [0.4, 0.5) is 0 Å². The maximum atomic E-state index is 12.7. The van der Waals surface area contributed by atoms with Gasteiger partial charge in [0.25, 0.3) is 5.91 Å². The van der Waals surface area contributed by atoms with Crippen LogP contribution >= 0.6 is 0 Å². The quantitative estimate of drug-likeness (QED) is 0.464. The van der Waals surface area contributed by atoms with Gasteiger partial charge in [0, 0.05) is 42.2 Å². The van der Waals surface area contributed by atoms with Crippen molar-refractivity contribution in [3.8, 4) is 23.1 Å². The fourth-order valence-electron chi connectivity index (χ4n) is 3.59. The lowest BCUT2D eigenvalue weighted by Gasteiger charge is -2.26. The largest absolute Gasteiger partial charge is 0.378 e. The molecule has 7 heteroatoms. The van der Waals surface area contributed by atoms with Crippen molar-refractivity contribution in [1.29, 1.82) is 0 Å². The molecular weight excluding hydrogens is 402 g/mol. The summed E-state index contributed by atoms with van der Waals surface area (Å²) >= 11 is 0. The van der Waals surface area contributed by atoms with Gasteiger partial charge in [-0.3, -0.25) is 9.78 Å². The average Bonchev–Trinajstić information content (AvgIpc) is 3.26. The summed E-state index contributed by atoms with van der Waals surface area (Å²) in [6.07, 6.45) is 5.25. The smallest absolute Gasteiger partial charge is 0.254 e. The molecule has 0 N–H and O–H groups in total. The lowest BCUT2D eigenvalue weighted by Crippen LogP contribution is -2.40. The van der Waals surface area contributed by atoms with Crippen LogP contribution in [0.2, 0.25) is 0 Å². The molecule has 7 nitrogen and oxygen atoms in total. The number of ether oxygens (including phenoxy) is 1.